The Morgan fingerprint density at radius 2 is 2.55 bits per heavy atom. The Labute approximate surface area is 66.8 Å². The van der Waals surface area contributed by atoms with Gasteiger partial charge in [0.2, 0.25) is 0 Å². The van der Waals surface area contributed by atoms with Crippen LogP contribution in [-0.2, 0) is 0 Å². The van der Waals surface area contributed by atoms with Crippen LogP contribution >= 0.6 is 0 Å². The summed E-state index contributed by atoms with van der Waals surface area (Å²) in [6, 6.07) is 3.81. The van der Waals surface area contributed by atoms with Crippen molar-refractivity contribution in [1.82, 2.24) is 4.98 Å². The van der Waals surface area contributed by atoms with E-state index in [0.717, 1.165) is 12.0 Å². The Morgan fingerprint density at radius 1 is 1.64 bits per heavy atom. The second kappa shape index (κ2) is 4.29. The topological polar surface area (TPSA) is 12.9 Å². The predicted octanol–water partition coefficient (Wildman–Crippen LogP) is 2.01. The number of nitrogens with zero attached hydrogens (tertiary/aromatic N) is 1. The average Bonchev–Trinajstić information content (AvgIpc) is 2.07. The van der Waals surface area contributed by atoms with Crippen LogP contribution in [-0.4, -0.2) is 4.98 Å². The Kier molecular flexibility index (Phi) is 2.95. The first-order valence-electron chi connectivity index (χ1n) is 3.43. The number of rotatable bonds is 1. The molecule has 0 unspecified atom stereocenters. The average molecular weight is 143 g/mol. The Hall–Kier alpha value is -1.55. The molecule has 0 atom stereocenters. The number of hydrogen-bond donors (Lipinski definition) is 0. The maximum atomic E-state index is 3.94. The summed E-state index contributed by atoms with van der Waals surface area (Å²) in [5, 5.41) is 0. The predicted molar refractivity (Wildman–Crippen MR) is 45.9 cm³/mol. The first-order valence-corrected chi connectivity index (χ1v) is 3.43. The van der Waals surface area contributed by atoms with Gasteiger partial charge in [-0.1, -0.05) is 17.9 Å². The molecule has 0 aliphatic rings. The second-order valence-electron chi connectivity index (χ2n) is 2.04. The molecule has 11 heavy (non-hydrogen) atoms. The summed E-state index contributed by atoms with van der Waals surface area (Å²) in [7, 11) is 0. The lowest BCUT2D eigenvalue weighted by Gasteiger charge is -1.84. The van der Waals surface area contributed by atoms with Crippen LogP contribution in [0.15, 0.2) is 37.2 Å². The number of allylic oxidation sites excluding steroid dienone is 1. The molecule has 1 heteroatoms. The van der Waals surface area contributed by atoms with Gasteiger partial charge < -0.3 is 0 Å². The van der Waals surface area contributed by atoms with Crippen molar-refractivity contribution in [3.63, 3.8) is 0 Å². The van der Waals surface area contributed by atoms with Crippen LogP contribution in [0, 0.1) is 11.8 Å². The number of aromatic nitrogens is 1. The third kappa shape index (κ3) is 2.68. The van der Waals surface area contributed by atoms with Gasteiger partial charge in [-0.25, -0.2) is 0 Å². The monoisotopic (exact) mass is 143 g/mol. The van der Waals surface area contributed by atoms with Gasteiger partial charge in [0.25, 0.3) is 0 Å². The summed E-state index contributed by atoms with van der Waals surface area (Å²) in [5.41, 5.74) is 0.953. The van der Waals surface area contributed by atoms with Crippen molar-refractivity contribution < 1.29 is 0 Å². The summed E-state index contributed by atoms with van der Waals surface area (Å²) in [6.07, 6.45) is 5.99. The molecule has 0 aliphatic heterocycles. The SMILES string of the molecule is C=CCC#Cc1cccnc1. The second-order valence-corrected chi connectivity index (χ2v) is 2.04. The van der Waals surface area contributed by atoms with Crippen LogP contribution in [0.25, 0.3) is 0 Å². The maximum Gasteiger partial charge on any atom is 0.0428 e. The molecule has 1 aromatic heterocycles. The molecule has 1 nitrogen and oxygen atoms in total. The largest absolute Gasteiger partial charge is 0.263 e. The summed E-state index contributed by atoms with van der Waals surface area (Å²) >= 11 is 0. The van der Waals surface area contributed by atoms with Crippen molar-refractivity contribution in [3.05, 3.63) is 42.7 Å². The molecule has 0 spiro atoms. The van der Waals surface area contributed by atoms with E-state index < -0.39 is 0 Å². The quantitative estimate of drug-likeness (QED) is 0.433. The van der Waals surface area contributed by atoms with Crippen LogP contribution < -0.4 is 0 Å². The molecular weight excluding hydrogens is 134 g/mol. The van der Waals surface area contributed by atoms with E-state index in [9.17, 15) is 0 Å². The lowest BCUT2D eigenvalue weighted by Crippen LogP contribution is -1.74. The third-order valence-corrected chi connectivity index (χ3v) is 1.14. The van der Waals surface area contributed by atoms with Crippen LogP contribution in [0.2, 0.25) is 0 Å². The van der Waals surface area contributed by atoms with Gasteiger partial charge in [0, 0.05) is 24.4 Å². The van der Waals surface area contributed by atoms with Gasteiger partial charge in [-0.05, 0) is 12.1 Å². The fourth-order valence-electron chi connectivity index (χ4n) is 0.662. The van der Waals surface area contributed by atoms with Crippen molar-refractivity contribution >= 4 is 0 Å². The molecule has 54 valence electrons. The highest BCUT2D eigenvalue weighted by Crippen LogP contribution is 1.91. The molecule has 0 fully saturated rings. The molecule has 0 aromatic carbocycles. The van der Waals surface area contributed by atoms with E-state index in [1.807, 2.05) is 12.1 Å². The lowest BCUT2D eigenvalue weighted by molar-refractivity contribution is 1.31. The molecule has 0 amide bonds. The normalized spacial score (nSPS) is 8.00. The molecule has 0 saturated heterocycles. The van der Waals surface area contributed by atoms with Crippen molar-refractivity contribution in [2.45, 2.75) is 6.42 Å². The molecule has 1 heterocycles. The highest BCUT2D eigenvalue weighted by Gasteiger charge is 1.79. The fourth-order valence-corrected chi connectivity index (χ4v) is 0.662. The zero-order valence-corrected chi connectivity index (χ0v) is 6.25. The number of pyridine rings is 1. The molecule has 0 N–H and O–H groups in total. The van der Waals surface area contributed by atoms with Crippen molar-refractivity contribution in [2.75, 3.05) is 0 Å². The van der Waals surface area contributed by atoms with E-state index in [0.29, 0.717) is 0 Å². The minimum atomic E-state index is 0.731. The summed E-state index contributed by atoms with van der Waals surface area (Å²) in [6.45, 7) is 3.57. The van der Waals surface area contributed by atoms with Crippen molar-refractivity contribution in [2.24, 2.45) is 0 Å². The lowest BCUT2D eigenvalue weighted by atomic mass is 10.3. The summed E-state index contributed by atoms with van der Waals surface area (Å²) < 4.78 is 0. The van der Waals surface area contributed by atoms with Crippen LogP contribution in [0.1, 0.15) is 12.0 Å². The summed E-state index contributed by atoms with van der Waals surface area (Å²) in [5.74, 6) is 5.91. The van der Waals surface area contributed by atoms with Crippen molar-refractivity contribution in [3.8, 4) is 11.8 Å². The van der Waals surface area contributed by atoms with Gasteiger partial charge in [-0.3, -0.25) is 4.98 Å². The van der Waals surface area contributed by atoms with Gasteiger partial charge in [0.1, 0.15) is 0 Å². The first kappa shape index (κ1) is 7.56. The molecule has 1 rings (SSSR count). The highest BCUT2D eigenvalue weighted by atomic mass is 14.6. The van der Waals surface area contributed by atoms with Crippen LogP contribution in [0.5, 0.6) is 0 Å². The van der Waals surface area contributed by atoms with Crippen LogP contribution in [0.4, 0.5) is 0 Å². The van der Waals surface area contributed by atoms with E-state index >= 15 is 0 Å². The molecular formula is C10H9N. The zero-order chi connectivity index (χ0) is 7.94. The first-order chi connectivity index (χ1) is 5.43. The maximum absolute atomic E-state index is 3.94. The van der Waals surface area contributed by atoms with E-state index in [1.54, 1.807) is 18.5 Å². The third-order valence-electron chi connectivity index (χ3n) is 1.14. The van der Waals surface area contributed by atoms with Gasteiger partial charge in [-0.2, -0.15) is 0 Å². The molecule has 0 bridgehead atoms. The minimum Gasteiger partial charge on any atom is -0.263 e. The highest BCUT2D eigenvalue weighted by molar-refractivity contribution is 5.31. The van der Waals surface area contributed by atoms with Gasteiger partial charge in [0.15, 0.2) is 0 Å². The van der Waals surface area contributed by atoms with E-state index in [2.05, 4.69) is 23.4 Å². The van der Waals surface area contributed by atoms with E-state index in [4.69, 9.17) is 0 Å². The Bertz CT molecular complexity index is 277. The molecule has 1 aromatic rings. The van der Waals surface area contributed by atoms with Gasteiger partial charge >= 0.3 is 0 Å². The molecule has 0 radical (unpaired) electrons. The Balaban J connectivity index is 2.66. The van der Waals surface area contributed by atoms with E-state index in [1.165, 1.54) is 0 Å². The minimum absolute atomic E-state index is 0.731. The Morgan fingerprint density at radius 3 is 3.18 bits per heavy atom. The van der Waals surface area contributed by atoms with Crippen molar-refractivity contribution in [1.29, 1.82) is 0 Å². The molecule has 0 aliphatic carbocycles. The van der Waals surface area contributed by atoms with Crippen LogP contribution in [0.3, 0.4) is 0 Å². The standard InChI is InChI=1S/C10H9N/c1-2-3-4-6-10-7-5-8-11-9-10/h2,5,7-9H,1,3H2. The summed E-state index contributed by atoms with van der Waals surface area (Å²) in [4.78, 5) is 3.94. The fraction of sp³-hybridized carbons (Fsp3) is 0.100. The number of hydrogen-bond acceptors (Lipinski definition) is 1. The molecule has 0 saturated carbocycles. The smallest absolute Gasteiger partial charge is 0.0428 e. The van der Waals surface area contributed by atoms with Gasteiger partial charge in [-0.15, -0.1) is 6.58 Å². The van der Waals surface area contributed by atoms with E-state index in [-0.39, 0.29) is 0 Å². The van der Waals surface area contributed by atoms with Gasteiger partial charge in [0.05, 0.1) is 0 Å². The zero-order valence-electron chi connectivity index (χ0n) is 6.25.